The summed E-state index contributed by atoms with van der Waals surface area (Å²) >= 11 is 13.4. The molecule has 0 fully saturated rings. The molecule has 3 rings (SSSR count). The van der Waals surface area contributed by atoms with Crippen molar-refractivity contribution in [1.29, 1.82) is 0 Å². The molecule has 0 unspecified atom stereocenters. The molecule has 1 atom stereocenters. The van der Waals surface area contributed by atoms with Crippen LogP contribution in [0.15, 0.2) is 47.6 Å². The monoisotopic (exact) mass is 537 g/mol. The summed E-state index contributed by atoms with van der Waals surface area (Å²) in [5, 5.41) is 15.4. The number of carbonyl (C=O) groups is 2. The third-order valence-corrected chi connectivity index (χ3v) is 6.56. The molecule has 2 amide bonds. The van der Waals surface area contributed by atoms with Crippen molar-refractivity contribution in [2.45, 2.75) is 44.9 Å². The normalized spacial score (nSPS) is 12.0. The van der Waals surface area contributed by atoms with Crippen molar-refractivity contribution in [1.82, 2.24) is 20.1 Å². The highest BCUT2D eigenvalue weighted by Gasteiger charge is 2.25. The minimum absolute atomic E-state index is 0.0219. The number of anilines is 1. The summed E-state index contributed by atoms with van der Waals surface area (Å²) in [7, 11) is 0. The van der Waals surface area contributed by atoms with E-state index in [-0.39, 0.29) is 34.2 Å². The molecule has 0 spiro atoms. The molecule has 0 saturated heterocycles. The predicted molar refractivity (Wildman–Crippen MR) is 138 cm³/mol. The summed E-state index contributed by atoms with van der Waals surface area (Å²) in [5.74, 6) is -0.355. The van der Waals surface area contributed by atoms with E-state index in [2.05, 4.69) is 20.8 Å². The van der Waals surface area contributed by atoms with Gasteiger partial charge in [-0.2, -0.15) is 0 Å². The number of nitrogens with one attached hydrogen (secondary N) is 2. The fourth-order valence-electron chi connectivity index (χ4n) is 3.45. The number of nitrogens with zero attached hydrogens (tertiary/aromatic N) is 3. The molecule has 0 saturated carbocycles. The number of hydrogen-bond donors (Lipinski definition) is 2. The van der Waals surface area contributed by atoms with Crippen molar-refractivity contribution >= 4 is 52.5 Å². The van der Waals surface area contributed by atoms with E-state index >= 15 is 0 Å². The van der Waals surface area contributed by atoms with Crippen LogP contribution >= 0.6 is 35.0 Å². The van der Waals surface area contributed by atoms with Gasteiger partial charge in [0.25, 0.3) is 5.91 Å². The average Bonchev–Trinajstić information content (AvgIpc) is 3.21. The van der Waals surface area contributed by atoms with Gasteiger partial charge in [0.15, 0.2) is 11.0 Å². The number of hydrogen-bond acceptors (Lipinski definition) is 5. The summed E-state index contributed by atoms with van der Waals surface area (Å²) in [4.78, 5) is 25.3. The van der Waals surface area contributed by atoms with Gasteiger partial charge in [-0.15, -0.1) is 10.2 Å². The van der Waals surface area contributed by atoms with Gasteiger partial charge >= 0.3 is 0 Å². The van der Waals surface area contributed by atoms with Gasteiger partial charge in [-0.3, -0.25) is 9.59 Å². The molecule has 11 heteroatoms. The first-order valence-electron chi connectivity index (χ1n) is 11.1. The number of thioether (sulfide) groups is 1. The van der Waals surface area contributed by atoms with Crippen molar-refractivity contribution in [3.63, 3.8) is 0 Å². The van der Waals surface area contributed by atoms with Gasteiger partial charge in [0, 0.05) is 11.6 Å². The van der Waals surface area contributed by atoms with Gasteiger partial charge in [0.1, 0.15) is 5.82 Å². The number of aromatic nitrogens is 3. The molecule has 0 bridgehead atoms. The molecule has 1 aromatic heterocycles. The van der Waals surface area contributed by atoms with E-state index in [1.165, 1.54) is 30.0 Å². The second kappa shape index (κ2) is 12.4. The van der Waals surface area contributed by atoms with Crippen LogP contribution in [0.5, 0.6) is 0 Å². The molecular formula is C24H26Cl2FN5O2S. The Labute approximate surface area is 217 Å². The highest BCUT2D eigenvalue weighted by Crippen LogP contribution is 2.27. The van der Waals surface area contributed by atoms with Gasteiger partial charge in [-0.05, 0) is 49.6 Å². The minimum Gasteiger partial charge on any atom is -0.342 e. The zero-order valence-corrected chi connectivity index (χ0v) is 21.8. The summed E-state index contributed by atoms with van der Waals surface area (Å²) in [6, 6.07) is 10.3. The fraction of sp³-hybridized carbons (Fsp3) is 0.333. The highest BCUT2D eigenvalue weighted by molar-refractivity contribution is 7.99. The zero-order valence-electron chi connectivity index (χ0n) is 19.5. The van der Waals surface area contributed by atoms with Crippen LogP contribution in [0.2, 0.25) is 10.0 Å². The Kier molecular flexibility index (Phi) is 9.54. The minimum atomic E-state index is -0.502. The van der Waals surface area contributed by atoms with Gasteiger partial charge in [-0.25, -0.2) is 4.39 Å². The van der Waals surface area contributed by atoms with E-state index in [1.54, 1.807) is 24.3 Å². The third-order valence-electron chi connectivity index (χ3n) is 5.04. The Hall–Kier alpha value is -2.62. The Balaban J connectivity index is 1.75. The summed E-state index contributed by atoms with van der Waals surface area (Å²) in [5.41, 5.74) is 0.433. The van der Waals surface area contributed by atoms with E-state index in [0.717, 1.165) is 0 Å². The van der Waals surface area contributed by atoms with Crippen LogP contribution in [0.25, 0.3) is 0 Å². The largest absolute Gasteiger partial charge is 0.342 e. The molecule has 2 aromatic carbocycles. The first-order valence-corrected chi connectivity index (χ1v) is 12.8. The quantitative estimate of drug-likeness (QED) is 0.310. The molecular weight excluding hydrogens is 512 g/mol. The summed E-state index contributed by atoms with van der Waals surface area (Å²) in [6.45, 7) is 6.56. The molecule has 3 aromatic rings. The summed E-state index contributed by atoms with van der Waals surface area (Å²) < 4.78 is 15.7. The lowest BCUT2D eigenvalue weighted by atomic mass is 10.0. The Morgan fingerprint density at radius 2 is 1.89 bits per heavy atom. The first-order chi connectivity index (χ1) is 16.7. The number of benzene rings is 2. The Bertz CT molecular complexity index is 1200. The number of carbonyl (C=O) groups excluding carboxylic acids is 2. The van der Waals surface area contributed by atoms with Crippen LogP contribution in [0.1, 0.15) is 49.4 Å². The van der Waals surface area contributed by atoms with E-state index in [9.17, 15) is 14.0 Å². The molecule has 35 heavy (non-hydrogen) atoms. The van der Waals surface area contributed by atoms with Crippen LogP contribution in [0.3, 0.4) is 0 Å². The smallest absolute Gasteiger partial charge is 0.253 e. The number of amides is 2. The molecule has 186 valence electrons. The van der Waals surface area contributed by atoms with E-state index in [1.807, 2.05) is 25.3 Å². The predicted octanol–water partition coefficient (Wildman–Crippen LogP) is 5.99. The zero-order chi connectivity index (χ0) is 25.5. The molecule has 0 aliphatic carbocycles. The average molecular weight is 538 g/mol. The topological polar surface area (TPSA) is 88.9 Å². The van der Waals surface area contributed by atoms with Crippen LogP contribution < -0.4 is 10.6 Å². The van der Waals surface area contributed by atoms with E-state index in [0.29, 0.717) is 34.5 Å². The van der Waals surface area contributed by atoms with Crippen LogP contribution in [0, 0.1) is 11.7 Å². The first kappa shape index (κ1) is 27.0. The molecule has 0 radical (unpaired) electrons. The van der Waals surface area contributed by atoms with Crippen molar-refractivity contribution in [3.05, 3.63) is 69.7 Å². The molecule has 7 nitrogen and oxygen atoms in total. The van der Waals surface area contributed by atoms with Crippen molar-refractivity contribution < 1.29 is 14.0 Å². The van der Waals surface area contributed by atoms with E-state index in [4.69, 9.17) is 23.2 Å². The maximum atomic E-state index is 13.8. The molecule has 0 aliphatic heterocycles. The number of rotatable bonds is 10. The SMILES string of the molecule is CCn1c(SCC(=O)Nc2ccccc2F)nnc1[C@@H](CC(C)C)NC(=O)c1ccc(Cl)cc1Cl. The van der Waals surface area contributed by atoms with Gasteiger partial charge in [0.2, 0.25) is 5.91 Å². The van der Waals surface area contributed by atoms with Crippen molar-refractivity contribution in [3.8, 4) is 0 Å². The van der Waals surface area contributed by atoms with Crippen molar-refractivity contribution in [2.24, 2.45) is 5.92 Å². The molecule has 0 aliphatic rings. The second-order valence-electron chi connectivity index (χ2n) is 8.18. The van der Waals surface area contributed by atoms with Gasteiger partial charge in [0.05, 0.1) is 28.1 Å². The lowest BCUT2D eigenvalue weighted by molar-refractivity contribution is -0.113. The van der Waals surface area contributed by atoms with E-state index < -0.39 is 11.9 Å². The number of halogens is 3. The lowest BCUT2D eigenvalue weighted by Gasteiger charge is -2.21. The van der Waals surface area contributed by atoms with Crippen molar-refractivity contribution in [2.75, 3.05) is 11.1 Å². The summed E-state index contributed by atoms with van der Waals surface area (Å²) in [6.07, 6.45) is 0.619. The third kappa shape index (κ3) is 7.19. The Morgan fingerprint density at radius 3 is 2.54 bits per heavy atom. The van der Waals surface area contributed by atoms with Crippen LogP contribution in [0.4, 0.5) is 10.1 Å². The maximum absolute atomic E-state index is 13.8. The molecule has 2 N–H and O–H groups in total. The number of para-hydroxylation sites is 1. The lowest BCUT2D eigenvalue weighted by Crippen LogP contribution is -2.32. The van der Waals surface area contributed by atoms with Gasteiger partial charge in [-0.1, -0.05) is 60.9 Å². The van der Waals surface area contributed by atoms with Crippen LogP contribution in [-0.2, 0) is 11.3 Å². The molecule has 1 heterocycles. The second-order valence-corrected chi connectivity index (χ2v) is 9.97. The highest BCUT2D eigenvalue weighted by atomic mass is 35.5. The van der Waals surface area contributed by atoms with Gasteiger partial charge < -0.3 is 15.2 Å². The standard InChI is InChI=1S/C24H26Cl2FN5O2S/c1-4-32-22(20(11-14(2)3)29-23(34)16-10-9-15(25)12-17(16)26)30-31-24(32)35-13-21(33)28-19-8-6-5-7-18(19)27/h5-10,12,14,20H,4,11,13H2,1-3H3,(H,28,33)(H,29,34)/t20-/m1/s1. The Morgan fingerprint density at radius 1 is 1.14 bits per heavy atom. The maximum Gasteiger partial charge on any atom is 0.253 e. The van der Waals surface area contributed by atoms with Crippen LogP contribution in [-0.4, -0.2) is 32.3 Å². The fourth-order valence-corrected chi connectivity index (χ4v) is 4.75.